The maximum Gasteiger partial charge on any atom is 0.323 e. The van der Waals surface area contributed by atoms with Crippen molar-refractivity contribution in [2.75, 3.05) is 18.9 Å². The molecule has 0 fully saturated rings. The first-order valence-electron chi connectivity index (χ1n) is 16.6. The average molecular weight is 621 g/mol. The van der Waals surface area contributed by atoms with Crippen molar-refractivity contribution in [1.29, 1.82) is 0 Å². The number of carbonyl (C=O) groups is 2. The van der Waals surface area contributed by atoms with E-state index in [4.69, 9.17) is 25.7 Å². The smallest absolute Gasteiger partial charge is 0.323 e. The highest BCUT2D eigenvalue weighted by atomic mass is 16.6. The van der Waals surface area contributed by atoms with Gasteiger partial charge in [0.1, 0.15) is 32.1 Å². The van der Waals surface area contributed by atoms with Crippen LogP contribution in [0.1, 0.15) is 124 Å². The predicted octanol–water partition coefficient (Wildman–Crippen LogP) is 5.38. The maximum absolute atomic E-state index is 12.4. The normalized spacial score (nSPS) is 12.9. The fraction of sp³-hybridized carbons (Fsp3) is 0.781. The quantitative estimate of drug-likeness (QED) is 0.0965. The fourth-order valence-electron chi connectivity index (χ4n) is 4.84. The fourth-order valence-corrected chi connectivity index (χ4v) is 4.84. The van der Waals surface area contributed by atoms with Gasteiger partial charge in [-0.2, -0.15) is 4.98 Å². The number of hydrogen-bond acceptors (Lipinski definition) is 10. The van der Waals surface area contributed by atoms with Gasteiger partial charge >= 0.3 is 11.9 Å². The van der Waals surface area contributed by atoms with Crippen molar-refractivity contribution in [1.82, 2.24) is 19.5 Å². The number of nitrogen functional groups attached to an aromatic ring is 1. The van der Waals surface area contributed by atoms with E-state index in [1.165, 1.54) is 87.9 Å². The Balaban J connectivity index is 1.67. The lowest BCUT2D eigenvalue weighted by molar-refractivity contribution is -0.158. The van der Waals surface area contributed by atoms with Crippen LogP contribution in [-0.4, -0.2) is 56.8 Å². The summed E-state index contributed by atoms with van der Waals surface area (Å²) in [4.78, 5) is 47.3. The molecule has 2 aromatic heterocycles. The van der Waals surface area contributed by atoms with E-state index in [9.17, 15) is 14.4 Å². The lowest BCUT2D eigenvalue weighted by Gasteiger charge is -2.20. The molecule has 0 spiro atoms. The summed E-state index contributed by atoms with van der Waals surface area (Å²) in [7, 11) is 0. The van der Waals surface area contributed by atoms with Crippen LogP contribution in [0.25, 0.3) is 11.2 Å². The van der Waals surface area contributed by atoms with Crippen molar-refractivity contribution in [3.63, 3.8) is 0 Å². The molecule has 250 valence electrons. The molecule has 2 atom stereocenters. The van der Waals surface area contributed by atoms with E-state index in [0.717, 1.165) is 19.3 Å². The summed E-state index contributed by atoms with van der Waals surface area (Å²) < 4.78 is 18.2. The number of nitrogens with one attached hydrogen (secondary N) is 1. The summed E-state index contributed by atoms with van der Waals surface area (Å²) in [5.41, 5.74) is 11.4. The number of hydrogen-bond donors (Lipinski definition) is 3. The van der Waals surface area contributed by atoms with Gasteiger partial charge in [-0.05, 0) is 12.3 Å². The van der Waals surface area contributed by atoms with Gasteiger partial charge in [0, 0.05) is 6.42 Å². The summed E-state index contributed by atoms with van der Waals surface area (Å²) in [6, 6.07) is -0.778. The van der Waals surface area contributed by atoms with Gasteiger partial charge in [0.2, 0.25) is 5.95 Å². The van der Waals surface area contributed by atoms with Crippen LogP contribution in [0.15, 0.2) is 11.1 Å². The minimum absolute atomic E-state index is 0.0508. The number of imidazole rings is 1. The van der Waals surface area contributed by atoms with Gasteiger partial charge in [-0.3, -0.25) is 23.9 Å². The molecular formula is C32H56N6O6. The zero-order valence-corrected chi connectivity index (χ0v) is 27.2. The van der Waals surface area contributed by atoms with Gasteiger partial charge < -0.3 is 25.7 Å². The summed E-state index contributed by atoms with van der Waals surface area (Å²) in [6.45, 7) is 5.56. The number of fused-ring (bicyclic) bond motifs is 1. The number of esters is 2. The van der Waals surface area contributed by atoms with Crippen LogP contribution in [0.3, 0.4) is 0 Å². The molecule has 0 bridgehead atoms. The van der Waals surface area contributed by atoms with Gasteiger partial charge in [-0.15, -0.1) is 0 Å². The highest BCUT2D eigenvalue weighted by molar-refractivity contribution is 5.75. The topological polar surface area (TPSA) is 177 Å². The maximum atomic E-state index is 12.4. The van der Waals surface area contributed by atoms with Crippen molar-refractivity contribution in [2.24, 2.45) is 11.7 Å². The Morgan fingerprint density at radius 2 is 1.43 bits per heavy atom. The van der Waals surface area contributed by atoms with Crippen molar-refractivity contribution in [3.05, 3.63) is 16.7 Å². The summed E-state index contributed by atoms with van der Waals surface area (Å²) in [5.74, 6) is -1.04. The number of unbranched alkanes of at least 4 members (excludes halogenated alkanes) is 14. The lowest BCUT2D eigenvalue weighted by atomic mass is 10.0. The first kappa shape index (κ1) is 37.2. The molecule has 2 rings (SSSR count). The third-order valence-electron chi connectivity index (χ3n) is 7.76. The van der Waals surface area contributed by atoms with Gasteiger partial charge in [-0.1, -0.05) is 111 Å². The minimum Gasteiger partial charge on any atom is -0.463 e. The molecule has 0 aromatic carbocycles. The Kier molecular flexibility index (Phi) is 18.3. The second kappa shape index (κ2) is 21.7. The molecule has 12 nitrogen and oxygen atoms in total. The predicted molar refractivity (Wildman–Crippen MR) is 172 cm³/mol. The van der Waals surface area contributed by atoms with Crippen LogP contribution in [-0.2, 0) is 30.5 Å². The van der Waals surface area contributed by atoms with Crippen LogP contribution in [0.4, 0.5) is 5.95 Å². The van der Waals surface area contributed by atoms with E-state index in [1.807, 2.05) is 13.8 Å². The van der Waals surface area contributed by atoms with Crippen molar-refractivity contribution in [3.8, 4) is 0 Å². The van der Waals surface area contributed by atoms with E-state index in [-0.39, 0.29) is 48.9 Å². The average Bonchev–Trinajstić information content (AvgIpc) is 3.40. The van der Waals surface area contributed by atoms with E-state index < -0.39 is 23.7 Å². The number of aromatic nitrogens is 4. The number of rotatable bonds is 25. The Labute approximate surface area is 262 Å². The van der Waals surface area contributed by atoms with Crippen molar-refractivity contribution in [2.45, 2.75) is 142 Å². The number of H-pyrrole nitrogens is 1. The minimum atomic E-state index is -0.778. The van der Waals surface area contributed by atoms with Gasteiger partial charge in [0.25, 0.3) is 5.56 Å². The molecule has 1 unspecified atom stereocenters. The van der Waals surface area contributed by atoms with Crippen molar-refractivity contribution < 1.29 is 23.8 Å². The van der Waals surface area contributed by atoms with Gasteiger partial charge in [0.15, 0.2) is 11.2 Å². The second-order valence-corrected chi connectivity index (χ2v) is 12.0. The highest BCUT2D eigenvalue weighted by Gasteiger charge is 2.22. The molecule has 12 heteroatoms. The Morgan fingerprint density at radius 1 is 0.886 bits per heavy atom. The lowest BCUT2D eigenvalue weighted by Crippen LogP contribution is -2.39. The molecule has 0 saturated heterocycles. The van der Waals surface area contributed by atoms with E-state index >= 15 is 0 Å². The zero-order chi connectivity index (χ0) is 32.2. The number of aromatic amines is 1. The van der Waals surface area contributed by atoms with E-state index in [0.29, 0.717) is 6.42 Å². The number of nitrogens with zero attached hydrogens (tertiary/aromatic N) is 3. The van der Waals surface area contributed by atoms with Crippen molar-refractivity contribution >= 4 is 29.1 Å². The molecule has 0 saturated carbocycles. The zero-order valence-electron chi connectivity index (χ0n) is 27.2. The number of nitrogens with two attached hydrogens (primary N) is 2. The molecule has 2 aromatic rings. The standard InChI is InChI=1S/C32H56N6O6/c1-4-5-6-7-8-9-10-11-12-13-14-15-16-17-18-19-26(39)42-20-25(21-43-31(41)27(33)24(2)3)44-23-38-22-35-28-29(38)36-32(34)37-30(28)40/h22,24-25,27H,4-21,23,33H2,1-3H3,(H3,34,36,37,40)/t25?,27-/m0/s1. The molecule has 2 heterocycles. The van der Waals surface area contributed by atoms with Crippen LogP contribution < -0.4 is 17.0 Å². The number of anilines is 1. The Morgan fingerprint density at radius 3 is 2.00 bits per heavy atom. The molecular weight excluding hydrogens is 564 g/mol. The molecule has 0 aliphatic rings. The molecule has 0 aliphatic carbocycles. The Hall–Kier alpha value is -2.99. The SMILES string of the molecule is CCCCCCCCCCCCCCCCCC(=O)OCC(COC(=O)[C@@H](N)C(C)C)OCn1cnc2c(=O)[nH]c(N)nc21. The van der Waals surface area contributed by atoms with Gasteiger partial charge in [-0.25, -0.2) is 4.98 Å². The monoisotopic (exact) mass is 620 g/mol. The van der Waals surface area contributed by atoms with E-state index in [1.54, 1.807) is 0 Å². The molecule has 0 aliphatic heterocycles. The third kappa shape index (κ3) is 14.7. The molecule has 44 heavy (non-hydrogen) atoms. The molecule has 5 N–H and O–H groups in total. The highest BCUT2D eigenvalue weighted by Crippen LogP contribution is 2.14. The molecule has 0 amide bonds. The van der Waals surface area contributed by atoms with Crippen LogP contribution in [0, 0.1) is 5.92 Å². The summed E-state index contributed by atoms with van der Waals surface area (Å²) in [6.07, 6.45) is 19.8. The molecule has 0 radical (unpaired) electrons. The first-order valence-corrected chi connectivity index (χ1v) is 16.6. The van der Waals surface area contributed by atoms with Gasteiger partial charge in [0.05, 0.1) is 6.33 Å². The first-order chi connectivity index (χ1) is 21.2. The summed E-state index contributed by atoms with van der Waals surface area (Å²) in [5, 5.41) is 0. The van der Waals surface area contributed by atoms with Crippen LogP contribution in [0.2, 0.25) is 0 Å². The largest absolute Gasteiger partial charge is 0.463 e. The second-order valence-electron chi connectivity index (χ2n) is 12.0. The van der Waals surface area contributed by atoms with Crippen LogP contribution in [0.5, 0.6) is 0 Å². The third-order valence-corrected chi connectivity index (χ3v) is 7.76. The van der Waals surface area contributed by atoms with E-state index in [2.05, 4.69) is 21.9 Å². The number of ether oxygens (including phenoxy) is 3. The van der Waals surface area contributed by atoms with Crippen LogP contribution >= 0.6 is 0 Å². The number of carbonyl (C=O) groups excluding carboxylic acids is 2. The Bertz CT molecular complexity index is 1150. The summed E-state index contributed by atoms with van der Waals surface area (Å²) >= 11 is 0.